The molecule has 9 heteroatoms. The molecule has 0 unspecified atom stereocenters. The first kappa shape index (κ1) is 14.6. The SMILES string of the molecule is O=c1[nH]c(CSc2n[nH]c(Cc3cccs3)n2)nc2ccsc12. The summed E-state index contributed by atoms with van der Waals surface area (Å²) in [7, 11) is 0. The van der Waals surface area contributed by atoms with Gasteiger partial charge < -0.3 is 4.98 Å². The number of hydrogen-bond donors (Lipinski definition) is 2. The van der Waals surface area contributed by atoms with Crippen molar-refractivity contribution in [1.29, 1.82) is 0 Å². The summed E-state index contributed by atoms with van der Waals surface area (Å²) in [5.74, 6) is 2.00. The maximum absolute atomic E-state index is 11.9. The first-order valence-corrected chi connectivity index (χ1v) is 9.55. The molecule has 0 saturated carbocycles. The molecular weight excluding hydrogens is 350 g/mol. The summed E-state index contributed by atoms with van der Waals surface area (Å²) in [6.45, 7) is 0. The lowest BCUT2D eigenvalue weighted by Gasteiger charge is -1.98. The van der Waals surface area contributed by atoms with Gasteiger partial charge >= 0.3 is 0 Å². The van der Waals surface area contributed by atoms with Gasteiger partial charge in [0.15, 0.2) is 0 Å². The highest BCUT2D eigenvalue weighted by molar-refractivity contribution is 7.98. The summed E-state index contributed by atoms with van der Waals surface area (Å²) in [5.41, 5.74) is 0.650. The van der Waals surface area contributed by atoms with Crippen LogP contribution in [0.4, 0.5) is 0 Å². The van der Waals surface area contributed by atoms with E-state index in [1.165, 1.54) is 28.0 Å². The van der Waals surface area contributed by atoms with Crippen molar-refractivity contribution in [2.45, 2.75) is 17.3 Å². The third-order valence-electron chi connectivity index (χ3n) is 3.13. The summed E-state index contributed by atoms with van der Waals surface area (Å²) in [6, 6.07) is 5.95. The molecule has 0 spiro atoms. The van der Waals surface area contributed by atoms with Crippen molar-refractivity contribution in [3.63, 3.8) is 0 Å². The molecule has 4 heterocycles. The minimum Gasteiger partial charge on any atom is -0.309 e. The molecule has 0 aliphatic rings. The highest BCUT2D eigenvalue weighted by atomic mass is 32.2. The lowest BCUT2D eigenvalue weighted by Crippen LogP contribution is -2.09. The molecular formula is C14H11N5OS3. The molecule has 0 fully saturated rings. The maximum atomic E-state index is 11.9. The van der Waals surface area contributed by atoms with Crippen LogP contribution in [0.1, 0.15) is 16.5 Å². The molecule has 0 saturated heterocycles. The van der Waals surface area contributed by atoms with E-state index in [9.17, 15) is 4.79 Å². The Kier molecular flexibility index (Phi) is 3.98. The minimum absolute atomic E-state index is 0.0889. The summed E-state index contributed by atoms with van der Waals surface area (Å²) >= 11 is 4.55. The van der Waals surface area contributed by atoms with Crippen molar-refractivity contribution < 1.29 is 0 Å². The molecule has 6 nitrogen and oxygen atoms in total. The Labute approximate surface area is 143 Å². The molecule has 0 bridgehead atoms. The van der Waals surface area contributed by atoms with E-state index >= 15 is 0 Å². The summed E-state index contributed by atoms with van der Waals surface area (Å²) in [5, 5.41) is 11.7. The Morgan fingerprint density at radius 3 is 2.96 bits per heavy atom. The van der Waals surface area contributed by atoms with Crippen LogP contribution in [0.25, 0.3) is 10.2 Å². The molecule has 0 amide bonds. The van der Waals surface area contributed by atoms with Crippen LogP contribution in [0.2, 0.25) is 0 Å². The topological polar surface area (TPSA) is 87.3 Å². The van der Waals surface area contributed by atoms with E-state index in [0.29, 0.717) is 21.4 Å². The van der Waals surface area contributed by atoms with Crippen molar-refractivity contribution in [2.75, 3.05) is 0 Å². The Morgan fingerprint density at radius 1 is 1.13 bits per heavy atom. The lowest BCUT2D eigenvalue weighted by molar-refractivity contribution is 0.956. The summed E-state index contributed by atoms with van der Waals surface area (Å²) < 4.78 is 0.662. The van der Waals surface area contributed by atoms with Gasteiger partial charge in [0.05, 0.1) is 11.3 Å². The highest BCUT2D eigenvalue weighted by Gasteiger charge is 2.09. The number of thiophene rings is 2. The maximum Gasteiger partial charge on any atom is 0.268 e. The summed E-state index contributed by atoms with van der Waals surface area (Å²) in [4.78, 5) is 24.9. The zero-order valence-electron chi connectivity index (χ0n) is 11.8. The number of thioether (sulfide) groups is 1. The Bertz CT molecular complexity index is 985. The van der Waals surface area contributed by atoms with Gasteiger partial charge in [-0.05, 0) is 22.9 Å². The zero-order chi connectivity index (χ0) is 15.6. The molecule has 4 rings (SSSR count). The van der Waals surface area contributed by atoms with Gasteiger partial charge in [-0.3, -0.25) is 9.89 Å². The van der Waals surface area contributed by atoms with E-state index in [2.05, 4.69) is 31.2 Å². The van der Waals surface area contributed by atoms with Crippen LogP contribution < -0.4 is 5.56 Å². The third-order valence-corrected chi connectivity index (χ3v) is 5.77. The van der Waals surface area contributed by atoms with Gasteiger partial charge in [-0.2, -0.15) is 0 Å². The second-order valence-corrected chi connectivity index (χ2v) is 7.65. The van der Waals surface area contributed by atoms with Crippen LogP contribution in [0, 0.1) is 0 Å². The van der Waals surface area contributed by atoms with Crippen molar-refractivity contribution in [2.24, 2.45) is 0 Å². The van der Waals surface area contributed by atoms with Crippen molar-refractivity contribution in [1.82, 2.24) is 25.1 Å². The predicted molar refractivity (Wildman–Crippen MR) is 93.3 cm³/mol. The first-order valence-electron chi connectivity index (χ1n) is 6.81. The molecule has 0 aliphatic carbocycles. The largest absolute Gasteiger partial charge is 0.309 e. The average Bonchev–Trinajstić information content (AvgIpc) is 3.27. The molecule has 4 aromatic heterocycles. The lowest BCUT2D eigenvalue weighted by atomic mass is 10.3. The number of H-pyrrole nitrogens is 2. The number of rotatable bonds is 5. The summed E-state index contributed by atoms with van der Waals surface area (Å²) in [6.07, 6.45) is 0.751. The molecule has 2 N–H and O–H groups in total. The molecule has 0 atom stereocenters. The highest BCUT2D eigenvalue weighted by Crippen LogP contribution is 2.20. The number of fused-ring (bicyclic) bond motifs is 1. The van der Waals surface area contributed by atoms with Gasteiger partial charge in [0, 0.05) is 11.3 Å². The Balaban J connectivity index is 1.46. The van der Waals surface area contributed by atoms with Crippen LogP contribution in [0.15, 0.2) is 38.9 Å². The minimum atomic E-state index is -0.0889. The molecule has 0 aliphatic heterocycles. The number of aromatic amines is 2. The van der Waals surface area contributed by atoms with Gasteiger partial charge in [-0.15, -0.1) is 27.8 Å². The monoisotopic (exact) mass is 361 g/mol. The van der Waals surface area contributed by atoms with Gasteiger partial charge in [0.25, 0.3) is 5.56 Å². The van der Waals surface area contributed by atoms with Gasteiger partial charge in [0.1, 0.15) is 16.3 Å². The molecule has 4 aromatic rings. The van der Waals surface area contributed by atoms with E-state index < -0.39 is 0 Å². The fraction of sp³-hybridized carbons (Fsp3) is 0.143. The van der Waals surface area contributed by atoms with E-state index in [4.69, 9.17) is 0 Å². The number of aromatic nitrogens is 5. The van der Waals surface area contributed by atoms with Crippen molar-refractivity contribution in [3.8, 4) is 0 Å². The Morgan fingerprint density at radius 2 is 2.09 bits per heavy atom. The van der Waals surface area contributed by atoms with E-state index in [1.54, 1.807) is 11.3 Å². The van der Waals surface area contributed by atoms with Crippen LogP contribution in [0.3, 0.4) is 0 Å². The molecule has 0 aromatic carbocycles. The average molecular weight is 361 g/mol. The van der Waals surface area contributed by atoms with Crippen molar-refractivity contribution >= 4 is 44.7 Å². The van der Waals surface area contributed by atoms with E-state index in [1.807, 2.05) is 22.9 Å². The van der Waals surface area contributed by atoms with Gasteiger partial charge in [-0.25, -0.2) is 9.97 Å². The first-order chi connectivity index (χ1) is 11.3. The Hall–Kier alpha value is -1.97. The van der Waals surface area contributed by atoms with E-state index in [0.717, 1.165) is 17.8 Å². The van der Waals surface area contributed by atoms with Crippen LogP contribution in [-0.4, -0.2) is 25.1 Å². The van der Waals surface area contributed by atoms with Crippen molar-refractivity contribution in [3.05, 3.63) is 55.8 Å². The number of nitrogens with one attached hydrogen (secondary N) is 2. The fourth-order valence-corrected chi connectivity index (χ4v) is 4.24. The quantitative estimate of drug-likeness (QED) is 0.534. The normalized spacial score (nSPS) is 11.3. The van der Waals surface area contributed by atoms with Crippen LogP contribution >= 0.6 is 34.4 Å². The van der Waals surface area contributed by atoms with Gasteiger partial charge in [-0.1, -0.05) is 17.8 Å². The second kappa shape index (κ2) is 6.26. The zero-order valence-corrected chi connectivity index (χ0v) is 14.2. The predicted octanol–water partition coefficient (Wildman–Crippen LogP) is 3.05. The fourth-order valence-electron chi connectivity index (χ4n) is 2.12. The molecule has 23 heavy (non-hydrogen) atoms. The number of nitrogens with zero attached hydrogens (tertiary/aromatic N) is 3. The smallest absolute Gasteiger partial charge is 0.268 e. The standard InChI is InChI=1S/C14H11N5OS3/c20-13-12-9(3-5-22-12)15-11(16-13)7-23-14-17-10(18-19-14)6-8-2-1-4-21-8/h1-5H,6-7H2,(H,15,16,20)(H,17,18,19). The molecule has 0 radical (unpaired) electrons. The second-order valence-electron chi connectivity index (χ2n) is 4.76. The van der Waals surface area contributed by atoms with Crippen LogP contribution in [0.5, 0.6) is 0 Å². The van der Waals surface area contributed by atoms with Crippen LogP contribution in [-0.2, 0) is 12.2 Å². The molecule has 116 valence electrons. The number of hydrogen-bond acceptors (Lipinski definition) is 7. The third kappa shape index (κ3) is 3.21. The van der Waals surface area contributed by atoms with Gasteiger partial charge in [0.2, 0.25) is 5.16 Å². The van der Waals surface area contributed by atoms with E-state index in [-0.39, 0.29) is 5.56 Å².